The van der Waals surface area contributed by atoms with Crippen molar-refractivity contribution in [3.05, 3.63) is 28.2 Å². The van der Waals surface area contributed by atoms with E-state index in [1.54, 1.807) is 23.1 Å². The lowest BCUT2D eigenvalue weighted by molar-refractivity contribution is 0.207. The Bertz CT molecular complexity index is 563. The van der Waals surface area contributed by atoms with Gasteiger partial charge in [-0.05, 0) is 32.0 Å². The Kier molecular flexibility index (Phi) is 4.62. The minimum absolute atomic E-state index is 0.251. The SMILES string of the molecule is CC1(C)CN(C(=O)Nc2cc(Cl)ccc2Cl)CC[S@@]1=O. The molecule has 0 radical (unpaired) electrons. The molecule has 2 rings (SSSR count). The summed E-state index contributed by atoms with van der Waals surface area (Å²) in [6, 6.07) is 4.65. The van der Waals surface area contributed by atoms with Crippen molar-refractivity contribution in [1.29, 1.82) is 0 Å². The smallest absolute Gasteiger partial charge is 0.321 e. The predicted molar refractivity (Wildman–Crippen MR) is 84.1 cm³/mol. The van der Waals surface area contributed by atoms with Crippen LogP contribution in [0.4, 0.5) is 10.5 Å². The number of urea groups is 1. The number of carbonyl (C=O) groups excluding carboxylic acids is 1. The molecule has 0 aromatic heterocycles. The van der Waals surface area contributed by atoms with Crippen molar-refractivity contribution in [3.63, 3.8) is 0 Å². The summed E-state index contributed by atoms with van der Waals surface area (Å²) in [5.74, 6) is 0.490. The molecule has 1 atom stereocenters. The molecule has 7 heteroatoms. The third-order valence-electron chi connectivity index (χ3n) is 3.19. The lowest BCUT2D eigenvalue weighted by Gasteiger charge is -2.37. The van der Waals surface area contributed by atoms with Crippen molar-refractivity contribution in [2.75, 3.05) is 24.2 Å². The number of hydrogen-bond donors (Lipinski definition) is 1. The van der Waals surface area contributed by atoms with Gasteiger partial charge < -0.3 is 10.2 Å². The van der Waals surface area contributed by atoms with E-state index in [-0.39, 0.29) is 6.03 Å². The molecule has 1 fully saturated rings. The van der Waals surface area contributed by atoms with E-state index < -0.39 is 15.5 Å². The van der Waals surface area contributed by atoms with Crippen molar-refractivity contribution in [1.82, 2.24) is 4.90 Å². The van der Waals surface area contributed by atoms with Gasteiger partial charge in [0.1, 0.15) is 0 Å². The van der Waals surface area contributed by atoms with Gasteiger partial charge in [0.15, 0.2) is 0 Å². The fraction of sp³-hybridized carbons (Fsp3) is 0.462. The Labute approximate surface area is 130 Å². The van der Waals surface area contributed by atoms with Crippen molar-refractivity contribution in [2.45, 2.75) is 18.6 Å². The Hall–Kier alpha value is -0.780. The van der Waals surface area contributed by atoms with Gasteiger partial charge in [-0.2, -0.15) is 0 Å². The van der Waals surface area contributed by atoms with Gasteiger partial charge in [-0.25, -0.2) is 4.79 Å². The van der Waals surface area contributed by atoms with Crippen LogP contribution in [-0.2, 0) is 10.8 Å². The van der Waals surface area contributed by atoms with Crippen LogP contribution < -0.4 is 5.32 Å². The normalized spacial score (nSPS) is 21.6. The van der Waals surface area contributed by atoms with Gasteiger partial charge in [0.25, 0.3) is 0 Å². The molecule has 4 nitrogen and oxygen atoms in total. The van der Waals surface area contributed by atoms with Gasteiger partial charge in [0.05, 0.1) is 15.5 Å². The van der Waals surface area contributed by atoms with Crippen LogP contribution in [0.5, 0.6) is 0 Å². The highest BCUT2D eigenvalue weighted by Crippen LogP contribution is 2.26. The number of nitrogens with one attached hydrogen (secondary N) is 1. The third-order valence-corrected chi connectivity index (χ3v) is 5.67. The monoisotopic (exact) mass is 334 g/mol. The van der Waals surface area contributed by atoms with Crippen LogP contribution >= 0.6 is 23.2 Å². The fourth-order valence-electron chi connectivity index (χ4n) is 2.04. The highest BCUT2D eigenvalue weighted by atomic mass is 35.5. The Balaban J connectivity index is 2.09. The molecule has 0 unspecified atom stereocenters. The van der Waals surface area contributed by atoms with E-state index in [2.05, 4.69) is 5.32 Å². The van der Waals surface area contributed by atoms with Crippen LogP contribution in [0.1, 0.15) is 13.8 Å². The molecule has 1 aromatic rings. The summed E-state index contributed by atoms with van der Waals surface area (Å²) in [6.07, 6.45) is 0. The van der Waals surface area contributed by atoms with Gasteiger partial charge in [-0.3, -0.25) is 4.21 Å². The largest absolute Gasteiger partial charge is 0.322 e. The van der Waals surface area contributed by atoms with Crippen LogP contribution in [0.2, 0.25) is 10.0 Å². The first-order valence-electron chi connectivity index (χ1n) is 6.19. The van der Waals surface area contributed by atoms with Crippen LogP contribution in [-0.4, -0.2) is 38.7 Å². The number of amides is 2. The summed E-state index contributed by atoms with van der Waals surface area (Å²) in [4.78, 5) is 13.9. The Morgan fingerprint density at radius 2 is 2.10 bits per heavy atom. The summed E-state index contributed by atoms with van der Waals surface area (Å²) in [6.45, 7) is 4.72. The molecule has 2 amide bonds. The minimum Gasteiger partial charge on any atom is -0.322 e. The molecule has 0 bridgehead atoms. The first-order valence-corrected chi connectivity index (χ1v) is 8.26. The number of anilines is 1. The molecule has 0 spiro atoms. The number of halogens is 2. The molecule has 0 aliphatic carbocycles. The molecule has 110 valence electrons. The van der Waals surface area contributed by atoms with Crippen LogP contribution in [0.25, 0.3) is 0 Å². The zero-order valence-corrected chi connectivity index (χ0v) is 13.6. The zero-order chi connectivity index (χ0) is 14.9. The van der Waals surface area contributed by atoms with E-state index in [0.717, 1.165) is 0 Å². The average molecular weight is 335 g/mol. The van der Waals surface area contributed by atoms with Crippen molar-refractivity contribution >= 4 is 45.7 Å². The Morgan fingerprint density at radius 3 is 2.75 bits per heavy atom. The second-order valence-corrected chi connectivity index (χ2v) is 8.33. The van der Waals surface area contributed by atoms with E-state index >= 15 is 0 Å². The molecule has 0 saturated carbocycles. The Morgan fingerprint density at radius 1 is 1.40 bits per heavy atom. The number of benzene rings is 1. The quantitative estimate of drug-likeness (QED) is 0.855. The standard InChI is InChI=1S/C13H16Cl2N2O2S/c1-13(2)8-17(5-6-20(13)19)12(18)16-11-7-9(14)3-4-10(11)15/h3-4,7H,5-6,8H2,1-2H3,(H,16,18)/t20-/m0/s1. The second-order valence-electron chi connectivity index (χ2n) is 5.29. The first kappa shape index (κ1) is 15.6. The van der Waals surface area contributed by atoms with Gasteiger partial charge in [-0.1, -0.05) is 23.2 Å². The summed E-state index contributed by atoms with van der Waals surface area (Å²) in [5, 5.41) is 3.68. The highest BCUT2D eigenvalue weighted by Gasteiger charge is 2.35. The molecule has 1 aliphatic heterocycles. The van der Waals surface area contributed by atoms with Crippen molar-refractivity contribution < 1.29 is 9.00 Å². The summed E-state index contributed by atoms with van der Waals surface area (Å²) < 4.78 is 11.5. The first-order chi connectivity index (χ1) is 9.29. The minimum atomic E-state index is -0.911. The maximum atomic E-state index is 12.2. The van der Waals surface area contributed by atoms with E-state index in [1.165, 1.54) is 0 Å². The molecule has 1 saturated heterocycles. The maximum Gasteiger partial charge on any atom is 0.321 e. The highest BCUT2D eigenvalue weighted by molar-refractivity contribution is 7.86. The topological polar surface area (TPSA) is 49.4 Å². The van der Waals surface area contributed by atoms with Crippen LogP contribution in [0, 0.1) is 0 Å². The maximum absolute atomic E-state index is 12.2. The molecule has 1 N–H and O–H groups in total. The fourth-order valence-corrected chi connectivity index (χ4v) is 3.62. The zero-order valence-electron chi connectivity index (χ0n) is 11.3. The molecular weight excluding hydrogens is 319 g/mol. The lowest BCUT2D eigenvalue weighted by Crippen LogP contribution is -2.53. The van der Waals surface area contributed by atoms with Crippen molar-refractivity contribution in [2.24, 2.45) is 0 Å². The van der Waals surface area contributed by atoms with Gasteiger partial charge >= 0.3 is 6.03 Å². The van der Waals surface area contributed by atoms with Crippen LogP contribution in [0.15, 0.2) is 18.2 Å². The lowest BCUT2D eigenvalue weighted by atomic mass is 10.2. The molecule has 20 heavy (non-hydrogen) atoms. The van der Waals surface area contributed by atoms with Gasteiger partial charge in [-0.15, -0.1) is 0 Å². The molecule has 1 aliphatic rings. The number of hydrogen-bond acceptors (Lipinski definition) is 2. The third kappa shape index (κ3) is 3.45. The average Bonchev–Trinajstić information content (AvgIpc) is 2.37. The molecule has 1 aromatic carbocycles. The number of nitrogens with zero attached hydrogens (tertiary/aromatic N) is 1. The summed E-state index contributed by atoms with van der Waals surface area (Å²) in [5.41, 5.74) is 0.480. The van der Waals surface area contributed by atoms with Gasteiger partial charge in [0.2, 0.25) is 0 Å². The second kappa shape index (κ2) is 5.92. The molecule has 1 heterocycles. The van der Waals surface area contributed by atoms with E-state index in [1.807, 2.05) is 13.8 Å². The summed E-state index contributed by atoms with van der Waals surface area (Å²) in [7, 11) is -0.911. The molecular formula is C13H16Cl2N2O2S. The van der Waals surface area contributed by atoms with E-state index in [0.29, 0.717) is 34.6 Å². The predicted octanol–water partition coefficient (Wildman–Crippen LogP) is 3.37. The number of carbonyl (C=O) groups is 1. The summed E-state index contributed by atoms with van der Waals surface area (Å²) >= 11 is 11.9. The van der Waals surface area contributed by atoms with E-state index in [9.17, 15) is 9.00 Å². The number of rotatable bonds is 1. The van der Waals surface area contributed by atoms with Crippen molar-refractivity contribution in [3.8, 4) is 0 Å². The van der Waals surface area contributed by atoms with Crippen LogP contribution in [0.3, 0.4) is 0 Å². The van der Waals surface area contributed by atoms with Gasteiger partial charge in [0, 0.05) is 34.7 Å². The van der Waals surface area contributed by atoms with E-state index in [4.69, 9.17) is 23.2 Å².